The van der Waals surface area contributed by atoms with Crippen LogP contribution in [-0.2, 0) is 0 Å². The van der Waals surface area contributed by atoms with E-state index in [0.29, 0.717) is 5.76 Å². The lowest BCUT2D eigenvalue weighted by Gasteiger charge is -2.16. The van der Waals surface area contributed by atoms with E-state index in [1.165, 1.54) is 0 Å². The van der Waals surface area contributed by atoms with Crippen molar-refractivity contribution in [3.05, 3.63) is 42.1 Å². The summed E-state index contributed by atoms with van der Waals surface area (Å²) in [7, 11) is 0. The first-order chi connectivity index (χ1) is 8.96. The van der Waals surface area contributed by atoms with Gasteiger partial charge in [-0.2, -0.15) is 0 Å². The predicted octanol–water partition coefficient (Wildman–Crippen LogP) is 1.84. The lowest BCUT2D eigenvalue weighted by atomic mass is 10.1. The Kier molecular flexibility index (Phi) is 3.66. The van der Waals surface area contributed by atoms with Crippen molar-refractivity contribution >= 4 is 5.91 Å². The highest BCUT2D eigenvalue weighted by Crippen LogP contribution is 2.19. The molecule has 2 rings (SSSR count). The quantitative estimate of drug-likeness (QED) is 0.879. The van der Waals surface area contributed by atoms with Gasteiger partial charge in [0.1, 0.15) is 0 Å². The minimum absolute atomic E-state index is 0.152. The van der Waals surface area contributed by atoms with Crippen LogP contribution in [0.1, 0.15) is 24.3 Å². The van der Waals surface area contributed by atoms with Gasteiger partial charge < -0.3 is 14.9 Å². The number of carbonyl (C=O) groups is 1. The van der Waals surface area contributed by atoms with E-state index in [4.69, 9.17) is 4.52 Å². The lowest BCUT2D eigenvalue weighted by molar-refractivity contribution is 0.0690. The molecule has 5 nitrogen and oxygen atoms in total. The third kappa shape index (κ3) is 3.66. The molecule has 0 aliphatic heterocycles. The van der Waals surface area contributed by atoms with Crippen LogP contribution in [0.4, 0.5) is 0 Å². The number of amides is 1. The van der Waals surface area contributed by atoms with Crippen molar-refractivity contribution in [1.29, 1.82) is 0 Å². The van der Waals surface area contributed by atoms with Gasteiger partial charge in [0.25, 0.3) is 5.91 Å². The molecule has 0 saturated carbocycles. The highest BCUT2D eigenvalue weighted by atomic mass is 16.5. The number of nitrogens with one attached hydrogen (secondary N) is 1. The molecule has 1 aromatic carbocycles. The van der Waals surface area contributed by atoms with Crippen LogP contribution < -0.4 is 5.32 Å². The Labute approximate surface area is 111 Å². The first-order valence-corrected chi connectivity index (χ1v) is 5.98. The van der Waals surface area contributed by atoms with E-state index in [1.807, 2.05) is 30.3 Å². The summed E-state index contributed by atoms with van der Waals surface area (Å²) in [5, 5.41) is 15.9. The summed E-state index contributed by atoms with van der Waals surface area (Å²) in [4.78, 5) is 11.8. The zero-order valence-electron chi connectivity index (χ0n) is 10.9. The smallest absolute Gasteiger partial charge is 0.273 e. The van der Waals surface area contributed by atoms with E-state index in [2.05, 4.69) is 10.5 Å². The van der Waals surface area contributed by atoms with Crippen LogP contribution >= 0.6 is 0 Å². The molecule has 1 amide bonds. The summed E-state index contributed by atoms with van der Waals surface area (Å²) in [6.07, 6.45) is 0. The molecule has 2 N–H and O–H groups in total. The number of hydrogen-bond donors (Lipinski definition) is 2. The largest absolute Gasteiger partial charge is 0.389 e. The van der Waals surface area contributed by atoms with Gasteiger partial charge in [-0.15, -0.1) is 0 Å². The van der Waals surface area contributed by atoms with Gasteiger partial charge in [0, 0.05) is 18.2 Å². The number of benzene rings is 1. The first kappa shape index (κ1) is 13.3. The van der Waals surface area contributed by atoms with Crippen molar-refractivity contribution in [3.8, 4) is 11.3 Å². The zero-order valence-corrected chi connectivity index (χ0v) is 10.9. The molecule has 0 fully saturated rings. The van der Waals surface area contributed by atoms with Gasteiger partial charge in [0.05, 0.1) is 5.60 Å². The predicted molar refractivity (Wildman–Crippen MR) is 70.6 cm³/mol. The van der Waals surface area contributed by atoms with E-state index >= 15 is 0 Å². The third-order valence-electron chi connectivity index (χ3n) is 2.48. The lowest BCUT2D eigenvalue weighted by Crippen LogP contribution is -2.38. The van der Waals surface area contributed by atoms with Crippen molar-refractivity contribution in [1.82, 2.24) is 10.5 Å². The minimum Gasteiger partial charge on any atom is -0.389 e. The van der Waals surface area contributed by atoms with E-state index in [0.717, 1.165) is 5.56 Å². The monoisotopic (exact) mass is 260 g/mol. The maximum absolute atomic E-state index is 11.8. The molecule has 0 bridgehead atoms. The summed E-state index contributed by atoms with van der Waals surface area (Å²) in [5.74, 6) is 0.169. The first-order valence-electron chi connectivity index (χ1n) is 5.98. The average Bonchev–Trinajstić information content (AvgIpc) is 2.86. The number of carbonyl (C=O) groups excluding carboxylic acids is 1. The Morgan fingerprint density at radius 2 is 2.05 bits per heavy atom. The molecular formula is C14H16N2O3. The van der Waals surface area contributed by atoms with Gasteiger partial charge >= 0.3 is 0 Å². The summed E-state index contributed by atoms with van der Waals surface area (Å²) >= 11 is 0. The fourth-order valence-electron chi connectivity index (χ4n) is 1.51. The molecule has 2 aromatic rings. The fraction of sp³-hybridized carbons (Fsp3) is 0.286. The van der Waals surface area contributed by atoms with Crippen LogP contribution in [0.2, 0.25) is 0 Å². The molecule has 0 unspecified atom stereocenters. The molecule has 0 spiro atoms. The van der Waals surface area contributed by atoms with Crippen molar-refractivity contribution in [3.63, 3.8) is 0 Å². The molecule has 0 aliphatic rings. The molecule has 0 aliphatic carbocycles. The topological polar surface area (TPSA) is 75.4 Å². The van der Waals surface area contributed by atoms with E-state index in [9.17, 15) is 9.90 Å². The van der Waals surface area contributed by atoms with E-state index < -0.39 is 5.60 Å². The molecule has 5 heteroatoms. The van der Waals surface area contributed by atoms with Gasteiger partial charge in [-0.25, -0.2) is 0 Å². The Bertz CT molecular complexity index is 556. The van der Waals surface area contributed by atoms with Crippen LogP contribution in [0, 0.1) is 0 Å². The Balaban J connectivity index is 2.07. The number of aromatic nitrogens is 1. The number of nitrogens with zero attached hydrogens (tertiary/aromatic N) is 1. The van der Waals surface area contributed by atoms with Crippen molar-refractivity contribution in [2.75, 3.05) is 6.54 Å². The maximum atomic E-state index is 11.8. The third-order valence-corrected chi connectivity index (χ3v) is 2.48. The maximum Gasteiger partial charge on any atom is 0.273 e. The van der Waals surface area contributed by atoms with Crippen molar-refractivity contribution < 1.29 is 14.4 Å². The molecule has 0 radical (unpaired) electrons. The van der Waals surface area contributed by atoms with Gasteiger partial charge in [0.15, 0.2) is 11.5 Å². The molecule has 1 heterocycles. The zero-order chi connectivity index (χ0) is 13.9. The van der Waals surface area contributed by atoms with E-state index in [-0.39, 0.29) is 18.1 Å². The van der Waals surface area contributed by atoms with Crippen LogP contribution in [-0.4, -0.2) is 28.3 Å². The Morgan fingerprint density at radius 1 is 1.37 bits per heavy atom. The van der Waals surface area contributed by atoms with Crippen LogP contribution in [0.25, 0.3) is 11.3 Å². The second-order valence-electron chi connectivity index (χ2n) is 4.94. The summed E-state index contributed by atoms with van der Waals surface area (Å²) in [5.41, 5.74) is 0.0985. The summed E-state index contributed by atoms with van der Waals surface area (Å²) in [6.45, 7) is 3.39. The van der Waals surface area contributed by atoms with Crippen molar-refractivity contribution in [2.45, 2.75) is 19.4 Å². The van der Waals surface area contributed by atoms with Gasteiger partial charge in [0.2, 0.25) is 0 Å². The SMILES string of the molecule is CC(C)(O)CNC(=O)c1cc(-c2ccccc2)on1. The second-order valence-corrected chi connectivity index (χ2v) is 4.94. The molecular weight excluding hydrogens is 244 g/mol. The molecule has 0 saturated heterocycles. The molecule has 100 valence electrons. The average molecular weight is 260 g/mol. The number of rotatable bonds is 4. The highest BCUT2D eigenvalue weighted by molar-refractivity contribution is 5.93. The Morgan fingerprint density at radius 3 is 2.68 bits per heavy atom. The van der Waals surface area contributed by atoms with Crippen LogP contribution in [0.5, 0.6) is 0 Å². The molecule has 19 heavy (non-hydrogen) atoms. The van der Waals surface area contributed by atoms with Crippen LogP contribution in [0.15, 0.2) is 40.9 Å². The Hall–Kier alpha value is -2.14. The van der Waals surface area contributed by atoms with Crippen molar-refractivity contribution in [2.24, 2.45) is 0 Å². The summed E-state index contributed by atoms with van der Waals surface area (Å²) in [6, 6.07) is 11.0. The molecule has 0 atom stereocenters. The number of hydrogen-bond acceptors (Lipinski definition) is 4. The molecule has 1 aromatic heterocycles. The highest BCUT2D eigenvalue weighted by Gasteiger charge is 2.17. The van der Waals surface area contributed by atoms with E-state index in [1.54, 1.807) is 19.9 Å². The van der Waals surface area contributed by atoms with Crippen LogP contribution in [0.3, 0.4) is 0 Å². The second kappa shape index (κ2) is 5.24. The van der Waals surface area contributed by atoms with Gasteiger partial charge in [-0.05, 0) is 13.8 Å². The fourth-order valence-corrected chi connectivity index (χ4v) is 1.51. The van der Waals surface area contributed by atoms with Gasteiger partial charge in [-0.3, -0.25) is 4.79 Å². The summed E-state index contributed by atoms with van der Waals surface area (Å²) < 4.78 is 5.13. The normalized spacial score (nSPS) is 11.3. The number of aliphatic hydroxyl groups is 1. The van der Waals surface area contributed by atoms with Gasteiger partial charge in [-0.1, -0.05) is 35.5 Å². The standard InChI is InChI=1S/C14H16N2O3/c1-14(2,18)9-15-13(17)11-8-12(19-16-11)10-6-4-3-5-7-10/h3-8,18H,9H2,1-2H3,(H,15,17). The minimum atomic E-state index is -0.957.